The number of carbonyl (C=O) groups excluding carboxylic acids is 1. The first kappa shape index (κ1) is 21.7. The van der Waals surface area contributed by atoms with Crippen LogP contribution in [-0.4, -0.2) is 66.7 Å². The number of carbonyl (C=O) groups is 1. The van der Waals surface area contributed by atoms with Gasteiger partial charge >= 0.3 is 6.03 Å². The number of benzene rings is 1. The lowest BCUT2D eigenvalue weighted by Crippen LogP contribution is -2.50. The van der Waals surface area contributed by atoms with Gasteiger partial charge in [0.25, 0.3) is 5.92 Å². The van der Waals surface area contributed by atoms with E-state index in [1.807, 2.05) is 4.90 Å². The molecule has 1 atom stereocenters. The molecule has 0 spiro atoms. The van der Waals surface area contributed by atoms with Crippen molar-refractivity contribution in [1.29, 1.82) is 0 Å². The van der Waals surface area contributed by atoms with Gasteiger partial charge in [0.05, 0.1) is 18.8 Å². The van der Waals surface area contributed by atoms with Gasteiger partial charge in [0.2, 0.25) is 0 Å². The minimum absolute atomic E-state index is 0.00998. The highest BCUT2D eigenvalue weighted by molar-refractivity contribution is 6.30. The zero-order chi connectivity index (χ0) is 21.3. The van der Waals surface area contributed by atoms with E-state index in [-0.39, 0.29) is 35.8 Å². The smallest absolute Gasteiger partial charge is 0.321 e. The summed E-state index contributed by atoms with van der Waals surface area (Å²) in [6.07, 6.45) is 3.38. The third-order valence-corrected chi connectivity index (χ3v) is 6.41. The van der Waals surface area contributed by atoms with Crippen molar-refractivity contribution in [3.8, 4) is 0 Å². The Labute approximate surface area is 179 Å². The second-order valence-electron chi connectivity index (χ2n) is 8.64. The summed E-state index contributed by atoms with van der Waals surface area (Å²) in [6.45, 7) is 1.61. The highest BCUT2D eigenvalue weighted by Gasteiger charge is 2.47. The van der Waals surface area contributed by atoms with Gasteiger partial charge < -0.3 is 15.0 Å². The Morgan fingerprint density at radius 1 is 1.20 bits per heavy atom. The Morgan fingerprint density at radius 3 is 2.60 bits per heavy atom. The van der Waals surface area contributed by atoms with Crippen LogP contribution >= 0.6 is 11.6 Å². The second-order valence-corrected chi connectivity index (χ2v) is 9.08. The molecule has 0 unspecified atom stereocenters. The van der Waals surface area contributed by atoms with Gasteiger partial charge in [-0.25, -0.2) is 18.0 Å². The SMILES string of the molecule is O=C(Nc1ccc(Cl)cc1F)N1CCC(N2CC(F)(F)C[C@H]2COCC2CC2)CC1. The Hall–Kier alpha value is -1.51. The van der Waals surface area contributed by atoms with Crippen LogP contribution in [0.2, 0.25) is 5.02 Å². The van der Waals surface area contributed by atoms with Gasteiger partial charge in [-0.05, 0) is 49.8 Å². The fourth-order valence-electron chi connectivity index (χ4n) is 4.35. The zero-order valence-electron chi connectivity index (χ0n) is 16.8. The monoisotopic (exact) mass is 445 g/mol. The van der Waals surface area contributed by atoms with Crippen molar-refractivity contribution in [3.05, 3.63) is 29.0 Å². The number of hydrogen-bond acceptors (Lipinski definition) is 3. The summed E-state index contributed by atoms with van der Waals surface area (Å²) < 4.78 is 47.8. The third kappa shape index (κ3) is 5.39. The Kier molecular flexibility index (Phi) is 6.46. The molecule has 0 aromatic heterocycles. The molecule has 2 saturated heterocycles. The quantitative estimate of drug-likeness (QED) is 0.695. The van der Waals surface area contributed by atoms with Crippen molar-refractivity contribution >= 4 is 23.3 Å². The average molecular weight is 446 g/mol. The highest BCUT2D eigenvalue weighted by Crippen LogP contribution is 2.36. The fourth-order valence-corrected chi connectivity index (χ4v) is 4.50. The molecule has 1 aromatic carbocycles. The van der Waals surface area contributed by atoms with Gasteiger partial charge in [-0.15, -0.1) is 0 Å². The van der Waals surface area contributed by atoms with E-state index in [1.54, 1.807) is 4.90 Å². The van der Waals surface area contributed by atoms with Gasteiger partial charge in [0.15, 0.2) is 0 Å². The van der Waals surface area contributed by atoms with Crippen LogP contribution in [-0.2, 0) is 4.74 Å². The fraction of sp³-hybridized carbons (Fsp3) is 0.667. The van der Waals surface area contributed by atoms with Crippen LogP contribution in [0.4, 0.5) is 23.7 Å². The lowest BCUT2D eigenvalue weighted by molar-refractivity contribution is 0.00378. The minimum atomic E-state index is -2.70. The predicted octanol–water partition coefficient (Wildman–Crippen LogP) is 4.61. The predicted molar refractivity (Wildman–Crippen MR) is 109 cm³/mol. The summed E-state index contributed by atoms with van der Waals surface area (Å²) in [5, 5.41) is 2.81. The maximum Gasteiger partial charge on any atom is 0.321 e. The number of anilines is 1. The van der Waals surface area contributed by atoms with Crippen LogP contribution in [0.25, 0.3) is 0 Å². The molecule has 3 fully saturated rings. The molecular weight excluding hydrogens is 419 g/mol. The molecule has 5 nitrogen and oxygen atoms in total. The number of urea groups is 1. The first-order valence-corrected chi connectivity index (χ1v) is 10.9. The summed E-state index contributed by atoms with van der Waals surface area (Å²) in [4.78, 5) is 15.9. The molecule has 0 radical (unpaired) electrons. The van der Waals surface area contributed by atoms with Crippen molar-refractivity contribution in [2.75, 3.05) is 38.2 Å². The van der Waals surface area contributed by atoms with Gasteiger partial charge in [-0.1, -0.05) is 11.6 Å². The number of hydrogen-bond donors (Lipinski definition) is 1. The molecule has 0 bridgehead atoms. The lowest BCUT2D eigenvalue weighted by atomic mass is 10.0. The molecule has 2 amide bonds. The standard InChI is InChI=1S/C21H27ClF3N3O2/c22-15-3-4-19(18(23)9-15)26-20(29)27-7-5-16(6-8-27)28-13-21(24,25)10-17(28)12-30-11-14-1-2-14/h3-4,9,14,16-17H,1-2,5-8,10-13H2,(H,26,29)/t17-/m0/s1. The van der Waals surface area contributed by atoms with Crippen molar-refractivity contribution in [2.45, 2.75) is 50.1 Å². The minimum Gasteiger partial charge on any atom is -0.380 e. The number of piperidine rings is 1. The van der Waals surface area contributed by atoms with Crippen LogP contribution in [0.15, 0.2) is 18.2 Å². The van der Waals surface area contributed by atoms with Crippen LogP contribution in [0.5, 0.6) is 0 Å². The van der Waals surface area contributed by atoms with Crippen molar-refractivity contribution in [3.63, 3.8) is 0 Å². The molecule has 1 N–H and O–H groups in total. The van der Waals surface area contributed by atoms with Crippen LogP contribution in [0, 0.1) is 11.7 Å². The molecule has 9 heteroatoms. The largest absolute Gasteiger partial charge is 0.380 e. The first-order valence-electron chi connectivity index (χ1n) is 10.5. The number of ether oxygens (including phenoxy) is 1. The van der Waals surface area contributed by atoms with E-state index >= 15 is 0 Å². The van der Waals surface area contributed by atoms with Crippen molar-refractivity contribution in [2.24, 2.45) is 5.92 Å². The van der Waals surface area contributed by atoms with E-state index in [2.05, 4.69) is 5.32 Å². The number of amides is 2. The van der Waals surface area contributed by atoms with E-state index in [1.165, 1.54) is 25.0 Å². The van der Waals surface area contributed by atoms with Crippen LogP contribution in [0.1, 0.15) is 32.1 Å². The molecule has 166 valence electrons. The maximum absolute atomic E-state index is 14.1. The molecule has 3 aliphatic rings. The zero-order valence-corrected chi connectivity index (χ0v) is 17.5. The summed E-state index contributed by atoms with van der Waals surface area (Å²) in [5.74, 6) is -2.69. The van der Waals surface area contributed by atoms with E-state index in [4.69, 9.17) is 16.3 Å². The Balaban J connectivity index is 1.29. The second kappa shape index (κ2) is 8.93. The number of nitrogens with zero attached hydrogens (tertiary/aromatic N) is 2. The highest BCUT2D eigenvalue weighted by atomic mass is 35.5. The molecule has 1 aliphatic carbocycles. The topological polar surface area (TPSA) is 44.8 Å². The van der Waals surface area contributed by atoms with Gasteiger partial charge in [-0.2, -0.15) is 0 Å². The Morgan fingerprint density at radius 2 is 1.93 bits per heavy atom. The summed E-state index contributed by atoms with van der Waals surface area (Å²) in [7, 11) is 0. The maximum atomic E-state index is 14.1. The summed E-state index contributed by atoms with van der Waals surface area (Å²) in [5.41, 5.74) is 0.0681. The first-order chi connectivity index (χ1) is 14.3. The van der Waals surface area contributed by atoms with Gasteiger partial charge in [0, 0.05) is 43.2 Å². The van der Waals surface area contributed by atoms with Crippen LogP contribution in [0.3, 0.4) is 0 Å². The van der Waals surface area contributed by atoms with Crippen LogP contribution < -0.4 is 5.32 Å². The average Bonchev–Trinajstić information content (AvgIpc) is 3.46. The number of halogens is 4. The van der Waals surface area contributed by atoms with Crippen molar-refractivity contribution in [1.82, 2.24) is 9.80 Å². The van der Waals surface area contributed by atoms with Crippen molar-refractivity contribution < 1.29 is 22.7 Å². The van der Waals surface area contributed by atoms with E-state index in [0.717, 1.165) is 6.07 Å². The van der Waals surface area contributed by atoms with Gasteiger partial charge in [0.1, 0.15) is 5.82 Å². The molecule has 1 saturated carbocycles. The number of alkyl halides is 2. The summed E-state index contributed by atoms with van der Waals surface area (Å²) in [6, 6.07) is 3.37. The van der Waals surface area contributed by atoms with E-state index < -0.39 is 17.8 Å². The number of nitrogens with one attached hydrogen (secondary N) is 1. The Bertz CT molecular complexity index is 770. The summed E-state index contributed by atoms with van der Waals surface area (Å²) >= 11 is 5.73. The number of rotatable bonds is 6. The molecule has 1 aromatic rings. The van der Waals surface area contributed by atoms with E-state index in [9.17, 15) is 18.0 Å². The lowest BCUT2D eigenvalue weighted by Gasteiger charge is -2.39. The van der Waals surface area contributed by atoms with E-state index in [0.29, 0.717) is 45.1 Å². The normalized spacial score (nSPS) is 24.9. The molecule has 4 rings (SSSR count). The van der Waals surface area contributed by atoms with Gasteiger partial charge in [-0.3, -0.25) is 4.90 Å². The third-order valence-electron chi connectivity index (χ3n) is 6.17. The molecule has 2 heterocycles. The molecule has 2 aliphatic heterocycles. The molecular formula is C21H27ClF3N3O2. The molecule has 30 heavy (non-hydrogen) atoms. The number of likely N-dealkylation sites (tertiary alicyclic amines) is 2.